The van der Waals surface area contributed by atoms with Gasteiger partial charge in [-0.25, -0.2) is 0 Å². The molecule has 0 aliphatic carbocycles. The van der Waals surface area contributed by atoms with Crippen LogP contribution in [0.2, 0.25) is 0 Å². The Kier molecular flexibility index (Phi) is 3.24. The Morgan fingerprint density at radius 3 is 1.93 bits per heavy atom. The summed E-state index contributed by atoms with van der Waals surface area (Å²) in [5, 5.41) is 0. The van der Waals surface area contributed by atoms with Crippen LogP contribution in [0.1, 0.15) is 6.92 Å². The molecule has 14 heavy (non-hydrogen) atoms. The molecule has 0 aromatic heterocycles. The van der Waals surface area contributed by atoms with Gasteiger partial charge in [-0.05, 0) is 0 Å². The van der Waals surface area contributed by atoms with E-state index in [1.165, 1.54) is 0 Å². The lowest BCUT2D eigenvalue weighted by molar-refractivity contribution is 0.178. The Balaban J connectivity index is 1.70. The van der Waals surface area contributed by atoms with E-state index in [-0.39, 0.29) is 12.2 Å². The summed E-state index contributed by atoms with van der Waals surface area (Å²) < 4.78 is 32.3. The maximum atomic E-state index is 11.9. The van der Waals surface area contributed by atoms with E-state index in [1.54, 1.807) is 6.92 Å². The highest BCUT2D eigenvalue weighted by Gasteiger charge is 2.32. The van der Waals surface area contributed by atoms with Crippen LogP contribution in [0.4, 0.5) is 0 Å². The van der Waals surface area contributed by atoms with Crippen molar-refractivity contribution in [1.82, 2.24) is 0 Å². The molecule has 0 aromatic rings. The molecule has 2 fully saturated rings. The van der Waals surface area contributed by atoms with E-state index in [0.717, 1.165) is 0 Å². The van der Waals surface area contributed by atoms with E-state index >= 15 is 0 Å². The van der Waals surface area contributed by atoms with Crippen molar-refractivity contribution >= 4 is 7.60 Å². The Labute approximate surface area is 83.2 Å². The van der Waals surface area contributed by atoms with Gasteiger partial charge in [-0.15, -0.1) is 0 Å². The molecule has 0 N–H and O–H groups in total. The molecule has 5 nitrogen and oxygen atoms in total. The molecule has 2 saturated heterocycles. The van der Waals surface area contributed by atoms with E-state index in [4.69, 9.17) is 18.5 Å². The Morgan fingerprint density at radius 1 is 1.21 bits per heavy atom. The zero-order valence-electron chi connectivity index (χ0n) is 8.18. The average Bonchev–Trinajstić information content (AvgIpc) is 3.05. The fraction of sp³-hybridized carbons (Fsp3) is 1.00. The van der Waals surface area contributed by atoms with Crippen molar-refractivity contribution in [3.63, 3.8) is 0 Å². The lowest BCUT2D eigenvalue weighted by Gasteiger charge is -2.15. The van der Waals surface area contributed by atoms with Crippen LogP contribution in [-0.4, -0.2) is 44.8 Å². The van der Waals surface area contributed by atoms with Gasteiger partial charge in [0.1, 0.15) is 12.2 Å². The van der Waals surface area contributed by atoms with Gasteiger partial charge in [0, 0.05) is 6.16 Å². The summed E-state index contributed by atoms with van der Waals surface area (Å²) in [6, 6.07) is 0. The van der Waals surface area contributed by atoms with Crippen LogP contribution in [-0.2, 0) is 23.1 Å². The fourth-order valence-corrected chi connectivity index (χ4v) is 2.17. The average molecular weight is 222 g/mol. The van der Waals surface area contributed by atoms with Crippen molar-refractivity contribution in [2.45, 2.75) is 19.1 Å². The van der Waals surface area contributed by atoms with Crippen LogP contribution in [0.3, 0.4) is 0 Å². The Bertz CT molecular complexity index is 216. The number of hydrogen-bond donors (Lipinski definition) is 0. The van der Waals surface area contributed by atoms with Gasteiger partial charge in [-0.1, -0.05) is 6.92 Å². The first kappa shape index (κ1) is 10.6. The summed E-state index contributed by atoms with van der Waals surface area (Å²) >= 11 is 0. The smallest absolute Gasteiger partial charge is 0.330 e. The maximum Gasteiger partial charge on any atom is 0.330 e. The van der Waals surface area contributed by atoms with Crippen molar-refractivity contribution in [3.05, 3.63) is 0 Å². The molecule has 0 radical (unpaired) electrons. The van der Waals surface area contributed by atoms with E-state index in [0.29, 0.717) is 32.6 Å². The second-order valence-corrected chi connectivity index (χ2v) is 5.80. The quantitative estimate of drug-likeness (QED) is 0.475. The van der Waals surface area contributed by atoms with Gasteiger partial charge in [-0.3, -0.25) is 4.57 Å². The van der Waals surface area contributed by atoms with E-state index in [9.17, 15) is 4.57 Å². The third kappa shape index (κ3) is 3.33. The Hall–Kier alpha value is 0.0700. The first-order chi connectivity index (χ1) is 6.72. The minimum atomic E-state index is -2.89. The van der Waals surface area contributed by atoms with Gasteiger partial charge in [-0.2, -0.15) is 0 Å². The second kappa shape index (κ2) is 4.29. The lowest BCUT2D eigenvalue weighted by atomic mass is 10.5. The zero-order chi connectivity index (χ0) is 10.0. The highest BCUT2D eigenvalue weighted by molar-refractivity contribution is 7.53. The molecule has 2 rings (SSSR count). The van der Waals surface area contributed by atoms with Gasteiger partial charge < -0.3 is 18.5 Å². The first-order valence-corrected chi connectivity index (χ1v) is 6.56. The molecule has 0 saturated carbocycles. The van der Waals surface area contributed by atoms with Crippen molar-refractivity contribution in [2.75, 3.05) is 32.6 Å². The molecule has 0 bridgehead atoms. The molecule has 0 spiro atoms. The van der Waals surface area contributed by atoms with E-state index in [1.807, 2.05) is 0 Å². The van der Waals surface area contributed by atoms with E-state index in [2.05, 4.69) is 0 Å². The summed E-state index contributed by atoms with van der Waals surface area (Å²) in [5.74, 6) is 0. The molecule has 6 heteroatoms. The van der Waals surface area contributed by atoms with Crippen LogP contribution >= 0.6 is 7.60 Å². The van der Waals surface area contributed by atoms with Gasteiger partial charge in [0.2, 0.25) is 0 Å². The molecule has 2 heterocycles. The summed E-state index contributed by atoms with van der Waals surface area (Å²) in [6.45, 7) is 3.94. The number of epoxide rings is 2. The minimum Gasteiger partial charge on any atom is -0.371 e. The zero-order valence-corrected chi connectivity index (χ0v) is 9.07. The first-order valence-electron chi connectivity index (χ1n) is 4.83. The summed E-state index contributed by atoms with van der Waals surface area (Å²) in [4.78, 5) is 0. The predicted octanol–water partition coefficient (Wildman–Crippen LogP) is 1.03. The maximum absolute atomic E-state index is 11.9. The molecular formula is C8H15O5P. The molecule has 2 unspecified atom stereocenters. The van der Waals surface area contributed by atoms with Gasteiger partial charge in [0.05, 0.1) is 26.4 Å². The monoisotopic (exact) mass is 222 g/mol. The molecule has 0 aromatic carbocycles. The van der Waals surface area contributed by atoms with Crippen molar-refractivity contribution in [1.29, 1.82) is 0 Å². The summed E-state index contributed by atoms with van der Waals surface area (Å²) in [5.41, 5.74) is 0. The van der Waals surface area contributed by atoms with Crippen LogP contribution in [0, 0.1) is 0 Å². The predicted molar refractivity (Wildman–Crippen MR) is 49.5 cm³/mol. The van der Waals surface area contributed by atoms with Crippen molar-refractivity contribution in [2.24, 2.45) is 0 Å². The van der Waals surface area contributed by atoms with Gasteiger partial charge >= 0.3 is 7.60 Å². The van der Waals surface area contributed by atoms with Crippen molar-refractivity contribution in [3.8, 4) is 0 Å². The highest BCUT2D eigenvalue weighted by atomic mass is 31.2. The molecule has 82 valence electrons. The van der Waals surface area contributed by atoms with Crippen LogP contribution in [0.5, 0.6) is 0 Å². The molecular weight excluding hydrogens is 207 g/mol. The lowest BCUT2D eigenvalue weighted by Crippen LogP contribution is -2.07. The van der Waals surface area contributed by atoms with E-state index < -0.39 is 7.60 Å². The summed E-state index contributed by atoms with van der Waals surface area (Å²) in [7, 11) is -2.89. The van der Waals surface area contributed by atoms with Crippen LogP contribution in [0.25, 0.3) is 0 Å². The SMILES string of the molecule is CCP(=O)(OCC1CO1)OCC1CO1. The highest BCUT2D eigenvalue weighted by Crippen LogP contribution is 2.48. The third-order valence-corrected chi connectivity index (χ3v) is 3.97. The minimum absolute atomic E-state index is 0.121. The topological polar surface area (TPSA) is 60.6 Å². The third-order valence-electron chi connectivity index (χ3n) is 2.11. The number of ether oxygens (including phenoxy) is 2. The normalized spacial score (nSPS) is 33.8. The molecule has 2 aliphatic heterocycles. The fourth-order valence-electron chi connectivity index (χ4n) is 0.942. The molecule has 2 aliphatic rings. The van der Waals surface area contributed by atoms with Gasteiger partial charge in [0.25, 0.3) is 0 Å². The molecule has 0 amide bonds. The largest absolute Gasteiger partial charge is 0.371 e. The second-order valence-electron chi connectivity index (χ2n) is 3.43. The van der Waals surface area contributed by atoms with Gasteiger partial charge in [0.15, 0.2) is 0 Å². The molecule has 2 atom stereocenters. The Morgan fingerprint density at radius 2 is 1.64 bits per heavy atom. The number of rotatable bonds is 7. The standard InChI is InChI=1S/C8H15O5P/c1-2-14(9,12-5-7-3-10-7)13-6-8-4-11-8/h7-8H,2-6H2,1H3. The number of hydrogen-bond acceptors (Lipinski definition) is 5. The summed E-state index contributed by atoms with van der Waals surface area (Å²) in [6.07, 6.45) is 0.637. The van der Waals surface area contributed by atoms with Crippen LogP contribution < -0.4 is 0 Å². The van der Waals surface area contributed by atoms with Crippen molar-refractivity contribution < 1.29 is 23.1 Å². The van der Waals surface area contributed by atoms with Crippen LogP contribution in [0.15, 0.2) is 0 Å².